The third kappa shape index (κ3) is 3.21. The van der Waals surface area contributed by atoms with E-state index < -0.39 is 22.6 Å². The molecule has 124 valence electrons. The maximum absolute atomic E-state index is 12.7. The van der Waals surface area contributed by atoms with Crippen molar-refractivity contribution in [1.29, 1.82) is 0 Å². The highest BCUT2D eigenvalue weighted by atomic mass is 19.4. The van der Waals surface area contributed by atoms with Crippen LogP contribution in [0.2, 0.25) is 0 Å². The van der Waals surface area contributed by atoms with Gasteiger partial charge < -0.3 is 14.5 Å². The minimum atomic E-state index is -4.49. The molecule has 1 aromatic carbocycles. The van der Waals surface area contributed by atoms with Crippen LogP contribution < -0.4 is 0 Å². The second-order valence-corrected chi connectivity index (χ2v) is 4.58. The lowest BCUT2D eigenvalue weighted by molar-refractivity contribution is -0.394. The van der Waals surface area contributed by atoms with E-state index in [4.69, 9.17) is 4.42 Å². The van der Waals surface area contributed by atoms with Crippen molar-refractivity contribution in [2.45, 2.75) is 12.7 Å². The van der Waals surface area contributed by atoms with E-state index in [-0.39, 0.29) is 23.9 Å². The van der Waals surface area contributed by atoms with Crippen LogP contribution in [0.1, 0.15) is 11.5 Å². The van der Waals surface area contributed by atoms with Crippen LogP contribution >= 0.6 is 0 Å². The van der Waals surface area contributed by atoms with Crippen LogP contribution in [0.4, 0.5) is 19.1 Å². The first-order chi connectivity index (χ1) is 11.3. The highest BCUT2D eigenvalue weighted by molar-refractivity contribution is 5.54. The highest BCUT2D eigenvalue weighted by Crippen LogP contribution is 2.31. The van der Waals surface area contributed by atoms with Gasteiger partial charge >= 0.3 is 12.1 Å². The van der Waals surface area contributed by atoms with Crippen LogP contribution in [-0.2, 0) is 12.7 Å². The summed E-state index contributed by atoms with van der Waals surface area (Å²) in [7, 11) is 0. The average Bonchev–Trinajstić information content (AvgIpc) is 3.16. The predicted molar refractivity (Wildman–Crippen MR) is 70.5 cm³/mol. The fourth-order valence-electron chi connectivity index (χ4n) is 1.85. The molecule has 0 unspecified atom stereocenters. The van der Waals surface area contributed by atoms with Crippen molar-refractivity contribution < 1.29 is 22.5 Å². The molecule has 3 aromatic rings. The van der Waals surface area contributed by atoms with Crippen LogP contribution in [0.3, 0.4) is 0 Å². The van der Waals surface area contributed by atoms with Crippen molar-refractivity contribution in [1.82, 2.24) is 25.0 Å². The summed E-state index contributed by atoms with van der Waals surface area (Å²) < 4.78 is 44.5. The zero-order valence-corrected chi connectivity index (χ0v) is 11.6. The monoisotopic (exact) mass is 340 g/mol. The molecule has 0 aliphatic heterocycles. The number of benzene rings is 1. The minimum absolute atomic E-state index is 0.0159. The van der Waals surface area contributed by atoms with Gasteiger partial charge in [-0.15, -0.1) is 10.2 Å². The third-order valence-electron chi connectivity index (χ3n) is 2.89. The molecule has 12 heteroatoms. The Hall–Kier alpha value is -3.31. The quantitative estimate of drug-likeness (QED) is 0.529. The van der Waals surface area contributed by atoms with Gasteiger partial charge in [-0.3, -0.25) is 0 Å². The molecule has 0 amide bonds. The molecule has 0 aliphatic carbocycles. The van der Waals surface area contributed by atoms with Crippen molar-refractivity contribution >= 4 is 5.95 Å². The van der Waals surface area contributed by atoms with Crippen molar-refractivity contribution in [2.24, 2.45) is 0 Å². The molecule has 24 heavy (non-hydrogen) atoms. The number of aromatic nitrogens is 5. The van der Waals surface area contributed by atoms with E-state index in [1.54, 1.807) is 0 Å². The van der Waals surface area contributed by atoms with Gasteiger partial charge in [0.15, 0.2) is 0 Å². The summed E-state index contributed by atoms with van der Waals surface area (Å²) in [6, 6.07) is 4.43. The van der Waals surface area contributed by atoms with Gasteiger partial charge in [0.25, 0.3) is 0 Å². The minimum Gasteiger partial charge on any atom is -0.419 e. The fourth-order valence-corrected chi connectivity index (χ4v) is 1.85. The lowest BCUT2D eigenvalue weighted by Crippen LogP contribution is -2.04. The van der Waals surface area contributed by atoms with E-state index >= 15 is 0 Å². The molecule has 0 spiro atoms. The number of hydrogen-bond acceptors (Lipinski definition) is 7. The second-order valence-electron chi connectivity index (χ2n) is 4.58. The van der Waals surface area contributed by atoms with Crippen molar-refractivity contribution in [3.8, 4) is 11.5 Å². The second kappa shape index (κ2) is 5.72. The van der Waals surface area contributed by atoms with E-state index in [0.717, 1.165) is 23.1 Å². The zero-order valence-electron chi connectivity index (χ0n) is 11.6. The molecule has 0 saturated carbocycles. The van der Waals surface area contributed by atoms with Gasteiger partial charge in [0.05, 0.1) is 5.56 Å². The Labute approximate surface area is 130 Å². The molecule has 0 N–H and O–H groups in total. The highest BCUT2D eigenvalue weighted by Gasteiger charge is 2.30. The number of nitrogens with zero attached hydrogens (tertiary/aromatic N) is 6. The largest absolute Gasteiger partial charge is 0.490 e. The molecule has 0 fully saturated rings. The summed E-state index contributed by atoms with van der Waals surface area (Å²) in [4.78, 5) is 13.2. The Balaban J connectivity index is 1.81. The van der Waals surface area contributed by atoms with E-state index in [9.17, 15) is 23.3 Å². The summed E-state index contributed by atoms with van der Waals surface area (Å²) in [5, 5.41) is 21.4. The number of alkyl halides is 3. The van der Waals surface area contributed by atoms with Crippen molar-refractivity contribution in [3.05, 3.63) is 52.2 Å². The third-order valence-corrected chi connectivity index (χ3v) is 2.89. The fraction of sp³-hybridized carbons (Fsp3) is 0.167. The van der Waals surface area contributed by atoms with Gasteiger partial charge in [-0.1, -0.05) is 11.1 Å². The number of halogens is 3. The summed E-state index contributed by atoms with van der Waals surface area (Å²) in [6.45, 7) is -0.104. The van der Waals surface area contributed by atoms with E-state index in [2.05, 4.69) is 20.3 Å². The Morgan fingerprint density at radius 3 is 2.75 bits per heavy atom. The van der Waals surface area contributed by atoms with Crippen LogP contribution in [0.5, 0.6) is 0 Å². The zero-order chi connectivity index (χ0) is 17.3. The van der Waals surface area contributed by atoms with Crippen molar-refractivity contribution in [3.63, 3.8) is 0 Å². The van der Waals surface area contributed by atoms with Crippen LogP contribution in [0.15, 0.2) is 35.0 Å². The number of rotatable bonds is 4. The SMILES string of the molecule is O=[N+]([O-])c1ncn(Cc2nnc(-c3cccc(C(F)(F)F)c3)o2)n1. The van der Waals surface area contributed by atoms with Gasteiger partial charge in [-0.2, -0.15) is 17.9 Å². The first-order valence-electron chi connectivity index (χ1n) is 6.37. The Bertz CT molecular complexity index is 888. The van der Waals surface area contributed by atoms with Gasteiger partial charge in [0.2, 0.25) is 18.1 Å². The van der Waals surface area contributed by atoms with Gasteiger partial charge in [-0.25, -0.2) is 0 Å². The maximum atomic E-state index is 12.7. The van der Waals surface area contributed by atoms with Gasteiger partial charge in [0.1, 0.15) is 6.54 Å². The average molecular weight is 340 g/mol. The summed E-state index contributed by atoms with van der Waals surface area (Å²) in [6.07, 6.45) is -3.38. The maximum Gasteiger partial charge on any atom is 0.490 e. The van der Waals surface area contributed by atoms with Gasteiger partial charge in [-0.05, 0) is 23.1 Å². The van der Waals surface area contributed by atoms with Crippen LogP contribution in [-0.4, -0.2) is 29.9 Å². The van der Waals surface area contributed by atoms with Crippen LogP contribution in [0.25, 0.3) is 11.5 Å². The number of nitro groups is 1. The summed E-state index contributed by atoms with van der Waals surface area (Å²) in [5.41, 5.74) is -0.736. The normalized spacial score (nSPS) is 11.6. The summed E-state index contributed by atoms with van der Waals surface area (Å²) >= 11 is 0. The van der Waals surface area contributed by atoms with E-state index in [1.165, 1.54) is 12.1 Å². The lowest BCUT2D eigenvalue weighted by Gasteiger charge is -2.06. The Kier molecular flexibility index (Phi) is 3.71. The standard InChI is InChI=1S/C12H7F3N6O3/c13-12(14,15)8-3-1-2-7(4-8)10-18-17-9(24-10)5-20-6-16-11(19-20)21(22)23/h1-4,6H,5H2. The topological polar surface area (TPSA) is 113 Å². The molecular formula is C12H7F3N6O3. The van der Waals surface area contributed by atoms with E-state index in [0.29, 0.717) is 0 Å². The Morgan fingerprint density at radius 1 is 1.29 bits per heavy atom. The van der Waals surface area contributed by atoms with Crippen molar-refractivity contribution in [2.75, 3.05) is 0 Å². The first kappa shape index (κ1) is 15.6. The molecule has 9 nitrogen and oxygen atoms in total. The smallest absolute Gasteiger partial charge is 0.419 e. The lowest BCUT2D eigenvalue weighted by atomic mass is 10.1. The molecule has 0 saturated heterocycles. The molecule has 0 radical (unpaired) electrons. The predicted octanol–water partition coefficient (Wildman–Crippen LogP) is 2.30. The Morgan fingerprint density at radius 2 is 2.08 bits per heavy atom. The molecule has 3 rings (SSSR count). The van der Waals surface area contributed by atoms with E-state index in [1.807, 2.05) is 0 Å². The summed E-state index contributed by atoms with van der Waals surface area (Å²) in [5.74, 6) is -0.680. The molecule has 2 aromatic heterocycles. The molecular weight excluding hydrogens is 333 g/mol. The molecule has 0 aliphatic rings. The number of hydrogen-bond donors (Lipinski definition) is 0. The first-order valence-corrected chi connectivity index (χ1v) is 6.37. The van der Waals surface area contributed by atoms with Gasteiger partial charge in [0, 0.05) is 10.7 Å². The molecule has 0 bridgehead atoms. The van der Waals surface area contributed by atoms with Crippen LogP contribution in [0, 0.1) is 10.1 Å². The molecule has 0 atom stereocenters. The molecule has 2 heterocycles.